The Morgan fingerprint density at radius 2 is 2.03 bits per heavy atom. The molecule has 1 unspecified atom stereocenters. The van der Waals surface area contributed by atoms with Crippen molar-refractivity contribution in [2.24, 2.45) is 0 Å². The van der Waals surface area contributed by atoms with E-state index in [-0.39, 0.29) is 11.8 Å². The minimum Gasteiger partial charge on any atom is -0.508 e. The molecular formula is C20H29N7O2. The Morgan fingerprint density at radius 1 is 1.28 bits per heavy atom. The molecule has 0 aliphatic heterocycles. The van der Waals surface area contributed by atoms with Crippen LogP contribution < -0.4 is 16.4 Å². The Kier molecular flexibility index (Phi) is 5.78. The highest BCUT2D eigenvalue weighted by Crippen LogP contribution is 2.25. The Bertz CT molecular complexity index is 994. The molecule has 0 aliphatic rings. The maximum absolute atomic E-state index is 10.1. The van der Waals surface area contributed by atoms with Crippen LogP contribution >= 0.6 is 0 Å². The van der Waals surface area contributed by atoms with Gasteiger partial charge < -0.3 is 31.1 Å². The first-order valence-electron chi connectivity index (χ1n) is 9.69. The number of nitrogens with zero attached hydrogens (tertiary/aromatic N) is 4. The fourth-order valence-corrected chi connectivity index (χ4v) is 3.31. The molecule has 0 spiro atoms. The molecule has 3 rings (SSSR count). The summed E-state index contributed by atoms with van der Waals surface area (Å²) in [6.07, 6.45) is 2.27. The summed E-state index contributed by atoms with van der Waals surface area (Å²) in [4.78, 5) is 13.6. The fraction of sp³-hybridized carbons (Fsp3) is 0.450. The van der Waals surface area contributed by atoms with Gasteiger partial charge in [-0.3, -0.25) is 0 Å². The average Bonchev–Trinajstić information content (AvgIpc) is 3.03. The zero-order chi connectivity index (χ0) is 21.2. The van der Waals surface area contributed by atoms with E-state index in [1.165, 1.54) is 0 Å². The van der Waals surface area contributed by atoms with Gasteiger partial charge in [-0.15, -0.1) is 0 Å². The molecule has 9 nitrogen and oxygen atoms in total. The molecule has 0 saturated carbocycles. The van der Waals surface area contributed by atoms with Gasteiger partial charge in [0.2, 0.25) is 5.95 Å². The van der Waals surface area contributed by atoms with Crippen LogP contribution in [0, 0.1) is 0 Å². The van der Waals surface area contributed by atoms with Gasteiger partial charge in [-0.2, -0.15) is 9.97 Å². The normalized spacial score (nSPS) is 12.9. The molecule has 1 aromatic carbocycles. The quantitative estimate of drug-likeness (QED) is 0.288. The van der Waals surface area contributed by atoms with Crippen molar-refractivity contribution in [2.75, 3.05) is 16.4 Å². The highest BCUT2D eigenvalue weighted by molar-refractivity contribution is 5.84. The Labute approximate surface area is 170 Å². The van der Waals surface area contributed by atoms with Crippen LogP contribution in [0.5, 0.6) is 5.75 Å². The van der Waals surface area contributed by atoms with Crippen LogP contribution in [0.3, 0.4) is 0 Å². The lowest BCUT2D eigenvalue weighted by molar-refractivity contribution is 0.0672. The molecular weight excluding hydrogens is 370 g/mol. The van der Waals surface area contributed by atoms with Gasteiger partial charge in [-0.25, -0.2) is 4.98 Å². The molecule has 0 fully saturated rings. The number of phenols is 1. The number of hydrogen-bond acceptors (Lipinski definition) is 8. The molecule has 9 heteroatoms. The summed E-state index contributed by atoms with van der Waals surface area (Å²) in [6.45, 7) is 8.59. The van der Waals surface area contributed by atoms with Crippen LogP contribution in [0.1, 0.15) is 39.7 Å². The number of nitrogen functional groups attached to an aromatic ring is 1. The summed E-state index contributed by atoms with van der Waals surface area (Å²) in [6, 6.07) is 4.90. The third kappa shape index (κ3) is 5.05. The molecule has 1 atom stereocenters. The summed E-state index contributed by atoms with van der Waals surface area (Å²) >= 11 is 0. The van der Waals surface area contributed by atoms with Crippen LogP contribution in [0.2, 0.25) is 0 Å². The summed E-state index contributed by atoms with van der Waals surface area (Å²) in [7, 11) is 0. The molecule has 3 aromatic rings. The number of fused-ring (bicyclic) bond motifs is 1. The largest absolute Gasteiger partial charge is 0.508 e. The molecule has 2 aromatic heterocycles. The number of aromatic hydroxyl groups is 1. The van der Waals surface area contributed by atoms with Gasteiger partial charge in [0.1, 0.15) is 5.75 Å². The molecule has 0 aliphatic carbocycles. The van der Waals surface area contributed by atoms with E-state index in [0.29, 0.717) is 47.1 Å². The monoisotopic (exact) mass is 399 g/mol. The minimum absolute atomic E-state index is 0.0312. The Balaban J connectivity index is 1.90. The summed E-state index contributed by atoms with van der Waals surface area (Å²) < 4.78 is 1.94. The topological polar surface area (TPSA) is 134 Å². The van der Waals surface area contributed by atoms with Crippen molar-refractivity contribution in [3.05, 3.63) is 30.1 Å². The number of aliphatic hydroxyl groups is 1. The van der Waals surface area contributed by atoms with Gasteiger partial charge in [0.15, 0.2) is 17.0 Å². The van der Waals surface area contributed by atoms with Gasteiger partial charge in [-0.1, -0.05) is 0 Å². The van der Waals surface area contributed by atoms with Crippen LogP contribution in [0.25, 0.3) is 11.2 Å². The van der Waals surface area contributed by atoms with Gasteiger partial charge in [0, 0.05) is 30.4 Å². The highest BCUT2D eigenvalue weighted by Gasteiger charge is 2.19. The fourth-order valence-electron chi connectivity index (χ4n) is 3.31. The Morgan fingerprint density at radius 3 is 2.72 bits per heavy atom. The van der Waals surface area contributed by atoms with Gasteiger partial charge in [-0.05, 0) is 52.3 Å². The molecule has 0 saturated heterocycles. The van der Waals surface area contributed by atoms with E-state index in [2.05, 4.69) is 25.6 Å². The van der Waals surface area contributed by atoms with Gasteiger partial charge in [0.05, 0.1) is 11.9 Å². The third-order valence-corrected chi connectivity index (χ3v) is 4.54. The van der Waals surface area contributed by atoms with Gasteiger partial charge >= 0.3 is 0 Å². The number of rotatable bonds is 8. The van der Waals surface area contributed by atoms with E-state index in [9.17, 15) is 10.2 Å². The lowest BCUT2D eigenvalue weighted by Crippen LogP contribution is -2.29. The standard InChI is InChI=1S/C20H29N7O2/c1-5-27-11-23-16-17(22-10-13-8-14(21)6-7-15(13)28)25-19(26-18(16)27)24-12(2)9-20(3,4)29/h6-8,11-12,28-29H,5,9-10,21H2,1-4H3,(H2,22,24,25,26). The van der Waals surface area contributed by atoms with Crippen molar-refractivity contribution in [3.63, 3.8) is 0 Å². The molecule has 2 heterocycles. The number of aromatic nitrogens is 4. The van der Waals surface area contributed by atoms with Crippen molar-refractivity contribution in [2.45, 2.75) is 58.8 Å². The second-order valence-electron chi connectivity index (χ2n) is 7.90. The van der Waals surface area contributed by atoms with E-state index in [0.717, 1.165) is 6.54 Å². The lowest BCUT2D eigenvalue weighted by atomic mass is 10.0. The van der Waals surface area contributed by atoms with E-state index >= 15 is 0 Å². The lowest BCUT2D eigenvalue weighted by Gasteiger charge is -2.23. The van der Waals surface area contributed by atoms with Crippen LogP contribution in [0.15, 0.2) is 24.5 Å². The van der Waals surface area contributed by atoms with Crippen LogP contribution in [0.4, 0.5) is 17.5 Å². The van der Waals surface area contributed by atoms with E-state index < -0.39 is 5.60 Å². The number of imidazole rings is 1. The highest BCUT2D eigenvalue weighted by atomic mass is 16.3. The number of nitrogens with one attached hydrogen (secondary N) is 2. The first-order valence-corrected chi connectivity index (χ1v) is 9.69. The summed E-state index contributed by atoms with van der Waals surface area (Å²) in [5, 5.41) is 26.6. The molecule has 6 N–H and O–H groups in total. The molecule has 29 heavy (non-hydrogen) atoms. The first-order chi connectivity index (χ1) is 13.7. The molecule has 0 radical (unpaired) electrons. The third-order valence-electron chi connectivity index (χ3n) is 4.54. The first kappa shape index (κ1) is 20.7. The van der Waals surface area contributed by atoms with Crippen molar-refractivity contribution in [3.8, 4) is 5.75 Å². The Hall–Kier alpha value is -3.07. The van der Waals surface area contributed by atoms with Crippen molar-refractivity contribution in [1.82, 2.24) is 19.5 Å². The maximum Gasteiger partial charge on any atom is 0.226 e. The van der Waals surface area contributed by atoms with E-state index in [1.807, 2.05) is 18.4 Å². The zero-order valence-corrected chi connectivity index (χ0v) is 17.3. The van der Waals surface area contributed by atoms with Crippen molar-refractivity contribution in [1.29, 1.82) is 0 Å². The predicted molar refractivity (Wildman–Crippen MR) is 115 cm³/mol. The minimum atomic E-state index is -0.798. The second-order valence-corrected chi connectivity index (χ2v) is 7.90. The second kappa shape index (κ2) is 8.12. The number of aryl methyl sites for hydroxylation is 1. The SMILES string of the molecule is CCn1cnc2c(NCc3cc(N)ccc3O)nc(NC(C)CC(C)(C)O)nc21. The predicted octanol–water partition coefficient (Wildman–Crippen LogP) is 2.71. The van der Waals surface area contributed by atoms with E-state index in [4.69, 9.17) is 5.73 Å². The van der Waals surface area contributed by atoms with Gasteiger partial charge in [0.25, 0.3) is 0 Å². The molecule has 156 valence electrons. The number of hydrogen-bond donors (Lipinski definition) is 5. The van der Waals surface area contributed by atoms with Crippen LogP contribution in [-0.2, 0) is 13.1 Å². The number of anilines is 3. The summed E-state index contributed by atoms with van der Waals surface area (Å²) in [5.41, 5.74) is 7.62. The van der Waals surface area contributed by atoms with E-state index in [1.54, 1.807) is 38.4 Å². The molecule has 0 bridgehead atoms. The summed E-state index contributed by atoms with van der Waals surface area (Å²) in [5.74, 6) is 1.17. The zero-order valence-electron chi connectivity index (χ0n) is 17.3. The number of nitrogens with two attached hydrogens (primary N) is 1. The number of phenolic OH excluding ortho intramolecular Hbond substituents is 1. The molecule has 0 amide bonds. The maximum atomic E-state index is 10.1. The number of benzene rings is 1. The van der Waals surface area contributed by atoms with Crippen molar-refractivity contribution < 1.29 is 10.2 Å². The smallest absolute Gasteiger partial charge is 0.226 e. The van der Waals surface area contributed by atoms with Crippen LogP contribution in [-0.4, -0.2) is 41.4 Å². The average molecular weight is 399 g/mol. The van der Waals surface area contributed by atoms with Crippen molar-refractivity contribution >= 4 is 28.6 Å².